The molecule has 0 spiro atoms. The molecule has 0 bridgehead atoms. The number of Topliss-reactive ketones (excluding diaryl/α,β-unsaturated/α-hetero) is 1. The monoisotopic (exact) mass is 374 g/mol. The van der Waals surface area contributed by atoms with Crippen LogP contribution in [0.1, 0.15) is 47.2 Å². The largest absolute Gasteiger partial charge is 0.469 e. The van der Waals surface area contributed by atoms with Crippen LogP contribution in [-0.4, -0.2) is 55.8 Å². The van der Waals surface area contributed by atoms with Gasteiger partial charge < -0.3 is 10.1 Å². The van der Waals surface area contributed by atoms with Crippen molar-refractivity contribution >= 4 is 17.7 Å². The lowest BCUT2D eigenvalue weighted by Crippen LogP contribution is -2.43. The van der Waals surface area contributed by atoms with Gasteiger partial charge >= 0.3 is 5.97 Å². The van der Waals surface area contributed by atoms with E-state index in [1.54, 1.807) is 0 Å². The minimum Gasteiger partial charge on any atom is -0.469 e. The number of hydrogen-bond donors (Lipinski definition) is 1. The molecular weight excluding hydrogens is 344 g/mol. The number of carbonyl (C=O) groups is 3. The van der Waals surface area contributed by atoms with Gasteiger partial charge in [-0.1, -0.05) is 23.8 Å². The molecule has 0 radical (unpaired) electrons. The van der Waals surface area contributed by atoms with Crippen molar-refractivity contribution in [2.75, 3.05) is 33.3 Å². The molecule has 0 unspecified atom stereocenters. The highest BCUT2D eigenvalue weighted by Gasteiger charge is 2.27. The summed E-state index contributed by atoms with van der Waals surface area (Å²) < 4.78 is 4.57. The number of ether oxygens (including phenoxy) is 1. The molecular formula is C21H30N2O4. The van der Waals surface area contributed by atoms with Crippen molar-refractivity contribution in [1.29, 1.82) is 0 Å². The van der Waals surface area contributed by atoms with Gasteiger partial charge in [-0.3, -0.25) is 19.3 Å². The molecule has 148 valence electrons. The van der Waals surface area contributed by atoms with Crippen LogP contribution in [0.25, 0.3) is 0 Å². The van der Waals surface area contributed by atoms with Gasteiger partial charge in [-0.05, 0) is 51.8 Å². The number of ketones is 1. The van der Waals surface area contributed by atoms with E-state index in [2.05, 4.69) is 15.0 Å². The molecule has 0 aliphatic carbocycles. The molecule has 1 aromatic carbocycles. The number of rotatable bonds is 8. The normalized spacial score (nSPS) is 15.4. The smallest absolute Gasteiger partial charge is 0.305 e. The second-order valence-electron chi connectivity index (χ2n) is 7.26. The Hall–Kier alpha value is -2.21. The van der Waals surface area contributed by atoms with Crippen LogP contribution in [0.15, 0.2) is 18.2 Å². The fourth-order valence-corrected chi connectivity index (χ4v) is 3.48. The van der Waals surface area contributed by atoms with E-state index >= 15 is 0 Å². The van der Waals surface area contributed by atoms with Gasteiger partial charge in [-0.2, -0.15) is 0 Å². The highest BCUT2D eigenvalue weighted by molar-refractivity contribution is 5.99. The first-order chi connectivity index (χ1) is 12.9. The van der Waals surface area contributed by atoms with Gasteiger partial charge in [0, 0.05) is 24.4 Å². The minimum absolute atomic E-state index is 0.0331. The van der Waals surface area contributed by atoms with E-state index in [9.17, 15) is 14.4 Å². The molecule has 1 aromatic rings. The second kappa shape index (κ2) is 10.2. The topological polar surface area (TPSA) is 75.7 Å². The molecule has 27 heavy (non-hydrogen) atoms. The van der Waals surface area contributed by atoms with Crippen molar-refractivity contribution in [3.63, 3.8) is 0 Å². The van der Waals surface area contributed by atoms with E-state index in [0.29, 0.717) is 25.9 Å². The summed E-state index contributed by atoms with van der Waals surface area (Å²) in [7, 11) is 1.36. The fraction of sp³-hybridized carbons (Fsp3) is 0.571. The summed E-state index contributed by atoms with van der Waals surface area (Å²) in [4.78, 5) is 37.9. The van der Waals surface area contributed by atoms with E-state index in [-0.39, 0.29) is 23.6 Å². The quantitative estimate of drug-likeness (QED) is 0.429. The highest BCUT2D eigenvalue weighted by atomic mass is 16.5. The SMILES string of the molecule is COC(=O)CCCNC(=O)CN1CCC(C(=O)c2ccc(C)cc2C)CC1. The summed E-state index contributed by atoms with van der Waals surface area (Å²) in [5.74, 6) is -0.0518. The molecule has 1 saturated heterocycles. The predicted octanol–water partition coefficient (Wildman–Crippen LogP) is 2.27. The lowest BCUT2D eigenvalue weighted by molar-refractivity contribution is -0.140. The van der Waals surface area contributed by atoms with E-state index in [4.69, 9.17) is 0 Å². The molecule has 0 atom stereocenters. The number of nitrogens with zero attached hydrogens (tertiary/aromatic N) is 1. The molecule has 1 amide bonds. The van der Waals surface area contributed by atoms with Crippen molar-refractivity contribution in [2.45, 2.75) is 39.5 Å². The van der Waals surface area contributed by atoms with Gasteiger partial charge in [0.1, 0.15) is 0 Å². The van der Waals surface area contributed by atoms with Crippen LogP contribution < -0.4 is 5.32 Å². The Morgan fingerprint density at radius 1 is 1.19 bits per heavy atom. The number of aryl methyl sites for hydroxylation is 2. The molecule has 2 rings (SSSR count). The Kier molecular flexibility index (Phi) is 7.98. The van der Waals surface area contributed by atoms with Crippen LogP contribution >= 0.6 is 0 Å². The van der Waals surface area contributed by atoms with Gasteiger partial charge in [0.2, 0.25) is 5.91 Å². The first-order valence-corrected chi connectivity index (χ1v) is 9.58. The number of likely N-dealkylation sites (tertiary alicyclic amines) is 1. The Morgan fingerprint density at radius 3 is 2.52 bits per heavy atom. The van der Waals surface area contributed by atoms with Crippen LogP contribution in [0.5, 0.6) is 0 Å². The zero-order chi connectivity index (χ0) is 19.8. The number of carbonyl (C=O) groups excluding carboxylic acids is 3. The van der Waals surface area contributed by atoms with E-state index in [0.717, 1.165) is 42.6 Å². The molecule has 6 heteroatoms. The summed E-state index contributed by atoms with van der Waals surface area (Å²) in [5.41, 5.74) is 3.02. The Labute approximate surface area is 161 Å². The average molecular weight is 374 g/mol. The lowest BCUT2D eigenvalue weighted by atomic mass is 9.87. The second-order valence-corrected chi connectivity index (χ2v) is 7.26. The summed E-state index contributed by atoms with van der Waals surface area (Å²) in [5, 5.41) is 2.83. The van der Waals surface area contributed by atoms with Crippen LogP contribution in [0.2, 0.25) is 0 Å². The summed E-state index contributed by atoms with van der Waals surface area (Å²) in [6.45, 7) is 6.31. The molecule has 1 fully saturated rings. The van der Waals surface area contributed by atoms with Crippen LogP contribution in [0, 0.1) is 19.8 Å². The number of nitrogens with one attached hydrogen (secondary N) is 1. The van der Waals surface area contributed by atoms with Gasteiger partial charge in [0.25, 0.3) is 0 Å². The van der Waals surface area contributed by atoms with Crippen molar-refractivity contribution in [2.24, 2.45) is 5.92 Å². The molecule has 1 aliphatic rings. The Balaban J connectivity index is 1.72. The number of benzene rings is 1. The highest BCUT2D eigenvalue weighted by Crippen LogP contribution is 2.23. The number of piperidine rings is 1. The Bertz CT molecular complexity index is 679. The number of esters is 1. The van der Waals surface area contributed by atoms with Crippen molar-refractivity contribution < 1.29 is 19.1 Å². The minimum atomic E-state index is -0.264. The van der Waals surface area contributed by atoms with E-state index in [1.165, 1.54) is 7.11 Å². The summed E-state index contributed by atoms with van der Waals surface area (Å²) >= 11 is 0. The van der Waals surface area contributed by atoms with Gasteiger partial charge in [-0.15, -0.1) is 0 Å². The van der Waals surface area contributed by atoms with Crippen LogP contribution in [0.4, 0.5) is 0 Å². The number of hydrogen-bond acceptors (Lipinski definition) is 5. The maximum absolute atomic E-state index is 12.8. The molecule has 1 heterocycles. The lowest BCUT2D eigenvalue weighted by Gasteiger charge is -2.31. The number of amides is 1. The van der Waals surface area contributed by atoms with Gasteiger partial charge in [-0.25, -0.2) is 0 Å². The molecule has 6 nitrogen and oxygen atoms in total. The zero-order valence-corrected chi connectivity index (χ0v) is 16.5. The summed E-state index contributed by atoms with van der Waals surface area (Å²) in [6.07, 6.45) is 2.44. The van der Waals surface area contributed by atoms with Crippen LogP contribution in [-0.2, 0) is 14.3 Å². The third kappa shape index (κ3) is 6.47. The fourth-order valence-electron chi connectivity index (χ4n) is 3.48. The van der Waals surface area contributed by atoms with Crippen molar-refractivity contribution in [3.8, 4) is 0 Å². The molecule has 0 saturated carbocycles. The van der Waals surface area contributed by atoms with Gasteiger partial charge in [0.15, 0.2) is 5.78 Å². The standard InChI is InChI=1S/C21H30N2O4/c1-15-6-7-18(16(2)13-15)21(26)17-8-11-23(12-9-17)14-19(24)22-10-4-5-20(25)27-3/h6-7,13,17H,4-5,8-12,14H2,1-3H3,(H,22,24). The zero-order valence-electron chi connectivity index (χ0n) is 16.5. The number of methoxy groups -OCH3 is 1. The maximum atomic E-state index is 12.8. The maximum Gasteiger partial charge on any atom is 0.305 e. The summed E-state index contributed by atoms with van der Waals surface area (Å²) in [6, 6.07) is 5.97. The van der Waals surface area contributed by atoms with Crippen molar-refractivity contribution in [1.82, 2.24) is 10.2 Å². The first-order valence-electron chi connectivity index (χ1n) is 9.58. The third-order valence-electron chi connectivity index (χ3n) is 5.08. The van der Waals surface area contributed by atoms with E-state index in [1.807, 2.05) is 32.0 Å². The van der Waals surface area contributed by atoms with Gasteiger partial charge in [0.05, 0.1) is 13.7 Å². The Morgan fingerprint density at radius 2 is 1.89 bits per heavy atom. The molecule has 1 aliphatic heterocycles. The van der Waals surface area contributed by atoms with Crippen LogP contribution in [0.3, 0.4) is 0 Å². The molecule has 0 aromatic heterocycles. The molecule has 1 N–H and O–H groups in total. The first kappa shape index (κ1) is 21.1. The average Bonchev–Trinajstić information content (AvgIpc) is 2.65. The van der Waals surface area contributed by atoms with E-state index < -0.39 is 0 Å². The predicted molar refractivity (Wildman–Crippen MR) is 104 cm³/mol. The third-order valence-corrected chi connectivity index (χ3v) is 5.08. The van der Waals surface area contributed by atoms with Crippen molar-refractivity contribution in [3.05, 3.63) is 34.9 Å².